The second-order valence-electron chi connectivity index (χ2n) is 4.37. The van der Waals surface area contributed by atoms with Crippen molar-refractivity contribution in [3.05, 3.63) is 0 Å². The lowest BCUT2D eigenvalue weighted by molar-refractivity contribution is 0.271. The van der Waals surface area contributed by atoms with Gasteiger partial charge >= 0.3 is 0 Å². The van der Waals surface area contributed by atoms with Crippen molar-refractivity contribution in [1.82, 2.24) is 4.72 Å². The van der Waals surface area contributed by atoms with Crippen LogP contribution in [0, 0.1) is 11.8 Å². The maximum atomic E-state index is 10.6. The van der Waals surface area contributed by atoms with Crippen LogP contribution < -0.4 is 9.86 Å². The summed E-state index contributed by atoms with van der Waals surface area (Å²) in [6.07, 6.45) is 5.98. The topological polar surface area (TPSA) is 72.2 Å². The third kappa shape index (κ3) is 4.93. The van der Waals surface area contributed by atoms with Crippen LogP contribution in [0.4, 0.5) is 0 Å². The first-order valence-electron chi connectivity index (χ1n) is 5.25. The van der Waals surface area contributed by atoms with Crippen LogP contribution in [0.3, 0.4) is 0 Å². The molecule has 14 heavy (non-hydrogen) atoms. The van der Waals surface area contributed by atoms with Gasteiger partial charge in [-0.05, 0) is 24.7 Å². The summed E-state index contributed by atoms with van der Waals surface area (Å²) in [5, 5.41) is 4.84. The van der Waals surface area contributed by atoms with Crippen LogP contribution in [0.15, 0.2) is 0 Å². The van der Waals surface area contributed by atoms with Crippen molar-refractivity contribution in [2.75, 3.05) is 6.54 Å². The Bertz CT molecular complexity index is 264. The second kappa shape index (κ2) is 5.09. The highest BCUT2D eigenvalue weighted by atomic mass is 32.2. The van der Waals surface area contributed by atoms with Crippen molar-refractivity contribution in [3.8, 4) is 0 Å². The van der Waals surface area contributed by atoms with E-state index in [0.717, 1.165) is 12.3 Å². The zero-order valence-electron chi connectivity index (χ0n) is 8.70. The van der Waals surface area contributed by atoms with Crippen molar-refractivity contribution < 1.29 is 8.42 Å². The highest BCUT2D eigenvalue weighted by Gasteiger charge is 2.18. The largest absolute Gasteiger partial charge is 0.274 e. The van der Waals surface area contributed by atoms with Crippen LogP contribution in [-0.4, -0.2) is 15.0 Å². The number of hydrogen-bond donors (Lipinski definition) is 2. The van der Waals surface area contributed by atoms with Gasteiger partial charge in [-0.2, -0.15) is 8.42 Å². The minimum Gasteiger partial charge on any atom is -0.216 e. The molecule has 0 amide bonds. The summed E-state index contributed by atoms with van der Waals surface area (Å²) in [6, 6.07) is 0. The fraction of sp³-hybridized carbons (Fsp3) is 1.00. The average molecular weight is 220 g/mol. The van der Waals surface area contributed by atoms with Gasteiger partial charge in [0.05, 0.1) is 0 Å². The molecule has 0 aromatic rings. The minimum absolute atomic E-state index is 0.482. The van der Waals surface area contributed by atoms with Crippen molar-refractivity contribution in [3.63, 3.8) is 0 Å². The van der Waals surface area contributed by atoms with Crippen LogP contribution in [0.2, 0.25) is 0 Å². The van der Waals surface area contributed by atoms with Crippen molar-refractivity contribution in [2.24, 2.45) is 17.0 Å². The van der Waals surface area contributed by atoms with Crippen LogP contribution in [0.1, 0.15) is 39.0 Å². The summed E-state index contributed by atoms with van der Waals surface area (Å²) in [4.78, 5) is 0. The van der Waals surface area contributed by atoms with E-state index in [1.54, 1.807) is 0 Å². The monoisotopic (exact) mass is 220 g/mol. The molecule has 1 saturated carbocycles. The van der Waals surface area contributed by atoms with Crippen molar-refractivity contribution in [1.29, 1.82) is 0 Å². The molecule has 0 bridgehead atoms. The molecular weight excluding hydrogens is 200 g/mol. The van der Waals surface area contributed by atoms with E-state index in [0.29, 0.717) is 12.5 Å². The Labute approximate surface area is 86.4 Å². The predicted molar refractivity (Wildman–Crippen MR) is 56.8 cm³/mol. The van der Waals surface area contributed by atoms with E-state index < -0.39 is 10.2 Å². The third-order valence-electron chi connectivity index (χ3n) is 2.90. The van der Waals surface area contributed by atoms with E-state index in [2.05, 4.69) is 11.6 Å². The fourth-order valence-corrected chi connectivity index (χ4v) is 2.63. The summed E-state index contributed by atoms with van der Waals surface area (Å²) < 4.78 is 23.5. The molecule has 5 heteroatoms. The van der Waals surface area contributed by atoms with Gasteiger partial charge in [-0.3, -0.25) is 0 Å². The molecule has 0 spiro atoms. The van der Waals surface area contributed by atoms with E-state index >= 15 is 0 Å². The Balaban J connectivity index is 2.18. The quantitative estimate of drug-likeness (QED) is 0.741. The van der Waals surface area contributed by atoms with E-state index in [9.17, 15) is 8.42 Å². The number of rotatable bonds is 4. The molecular formula is C9H20N2O2S. The lowest BCUT2D eigenvalue weighted by atomic mass is 9.81. The highest BCUT2D eigenvalue weighted by Crippen LogP contribution is 2.30. The molecule has 1 aliphatic rings. The first kappa shape index (κ1) is 11.9. The van der Waals surface area contributed by atoms with Gasteiger partial charge < -0.3 is 0 Å². The maximum Gasteiger partial charge on any atom is 0.274 e. The average Bonchev–Trinajstić information content (AvgIpc) is 2.01. The Hall–Kier alpha value is -0.130. The molecule has 0 aromatic carbocycles. The minimum atomic E-state index is -3.49. The highest BCUT2D eigenvalue weighted by molar-refractivity contribution is 7.87. The fourth-order valence-electron chi connectivity index (χ4n) is 2.23. The zero-order valence-corrected chi connectivity index (χ0v) is 9.52. The first-order chi connectivity index (χ1) is 6.47. The lowest BCUT2D eigenvalue weighted by Gasteiger charge is -2.26. The molecule has 0 radical (unpaired) electrons. The summed E-state index contributed by atoms with van der Waals surface area (Å²) >= 11 is 0. The van der Waals surface area contributed by atoms with Crippen molar-refractivity contribution >= 4 is 10.2 Å². The van der Waals surface area contributed by atoms with Crippen LogP contribution in [0.5, 0.6) is 0 Å². The van der Waals surface area contributed by atoms with Crippen molar-refractivity contribution in [2.45, 2.75) is 39.0 Å². The number of nitrogens with one attached hydrogen (secondary N) is 1. The summed E-state index contributed by atoms with van der Waals surface area (Å²) in [6.45, 7) is 2.75. The second-order valence-corrected chi connectivity index (χ2v) is 5.74. The molecule has 2 atom stereocenters. The third-order valence-corrected chi connectivity index (χ3v) is 3.51. The molecule has 1 fully saturated rings. The molecule has 84 valence electrons. The SMILES string of the molecule is CC1CCCC(CCNS(N)(=O)=O)C1. The van der Waals surface area contributed by atoms with E-state index in [4.69, 9.17) is 5.14 Å². The summed E-state index contributed by atoms with van der Waals surface area (Å²) in [5.41, 5.74) is 0. The van der Waals surface area contributed by atoms with Gasteiger partial charge in [-0.1, -0.05) is 26.2 Å². The number of nitrogens with two attached hydrogens (primary N) is 1. The first-order valence-corrected chi connectivity index (χ1v) is 6.79. The van der Waals surface area contributed by atoms with Crippen LogP contribution >= 0.6 is 0 Å². The van der Waals surface area contributed by atoms with Gasteiger partial charge in [-0.15, -0.1) is 0 Å². The predicted octanol–water partition coefficient (Wildman–Crippen LogP) is 0.996. The number of hydrogen-bond acceptors (Lipinski definition) is 2. The Morgan fingerprint density at radius 1 is 1.43 bits per heavy atom. The summed E-state index contributed by atoms with van der Waals surface area (Å²) in [5.74, 6) is 1.47. The smallest absolute Gasteiger partial charge is 0.216 e. The van der Waals surface area contributed by atoms with Crippen LogP contribution in [0.25, 0.3) is 0 Å². The molecule has 2 unspecified atom stereocenters. The molecule has 4 nitrogen and oxygen atoms in total. The standard InChI is InChI=1S/C9H20N2O2S/c1-8-3-2-4-9(7-8)5-6-11-14(10,12)13/h8-9,11H,2-7H2,1H3,(H2,10,12,13). The zero-order chi connectivity index (χ0) is 10.6. The van der Waals surface area contributed by atoms with Gasteiger partial charge in [0.2, 0.25) is 0 Å². The maximum absolute atomic E-state index is 10.6. The van der Waals surface area contributed by atoms with Gasteiger partial charge in [0.25, 0.3) is 10.2 Å². The normalized spacial score (nSPS) is 29.0. The molecule has 0 saturated heterocycles. The Kier molecular flexibility index (Phi) is 4.34. The van der Waals surface area contributed by atoms with Gasteiger partial charge in [0, 0.05) is 6.54 Å². The van der Waals surface area contributed by atoms with E-state index in [-0.39, 0.29) is 0 Å². The van der Waals surface area contributed by atoms with E-state index in [1.165, 1.54) is 25.7 Å². The molecule has 0 aromatic heterocycles. The van der Waals surface area contributed by atoms with Gasteiger partial charge in [0.15, 0.2) is 0 Å². The molecule has 3 N–H and O–H groups in total. The molecule has 0 aliphatic heterocycles. The Morgan fingerprint density at radius 3 is 2.71 bits per heavy atom. The van der Waals surface area contributed by atoms with Gasteiger partial charge in [0.1, 0.15) is 0 Å². The van der Waals surface area contributed by atoms with E-state index in [1.807, 2.05) is 0 Å². The molecule has 1 aliphatic carbocycles. The molecule has 0 heterocycles. The van der Waals surface area contributed by atoms with Crippen LogP contribution in [-0.2, 0) is 10.2 Å². The molecule has 1 rings (SSSR count). The lowest BCUT2D eigenvalue weighted by Crippen LogP contribution is -2.32. The van der Waals surface area contributed by atoms with Gasteiger partial charge in [-0.25, -0.2) is 9.86 Å². The summed E-state index contributed by atoms with van der Waals surface area (Å²) in [7, 11) is -3.49. The Morgan fingerprint density at radius 2 is 2.14 bits per heavy atom.